The van der Waals surface area contributed by atoms with Crippen molar-refractivity contribution in [1.82, 2.24) is 19.5 Å². The van der Waals surface area contributed by atoms with Crippen LogP contribution < -0.4 is 0 Å². The number of fused-ring (bicyclic) bond motifs is 3. The van der Waals surface area contributed by atoms with Gasteiger partial charge in [0.25, 0.3) is 0 Å². The summed E-state index contributed by atoms with van der Waals surface area (Å²) in [5.74, 6) is 1.83. The van der Waals surface area contributed by atoms with Gasteiger partial charge in [-0.05, 0) is 6.08 Å². The monoisotopic (exact) mass is 144 g/mol. The second kappa shape index (κ2) is 1.47. The Morgan fingerprint density at radius 3 is 3.00 bits per heavy atom. The molecule has 0 saturated heterocycles. The molecule has 0 bridgehead atoms. The first-order valence-electron chi connectivity index (χ1n) is 3.31. The molecule has 0 amide bonds. The summed E-state index contributed by atoms with van der Waals surface area (Å²) in [5, 5.41) is 0. The van der Waals surface area contributed by atoms with Crippen molar-refractivity contribution in [1.29, 1.82) is 0 Å². The largest absolute Gasteiger partial charge is 0.284 e. The lowest BCUT2D eigenvalue weighted by atomic mass is 10.3. The van der Waals surface area contributed by atoms with Crippen molar-refractivity contribution in [3.8, 4) is 11.5 Å². The molecule has 3 heterocycles. The Kier molecular flexibility index (Phi) is 0.671. The molecule has 0 aromatic carbocycles. The summed E-state index contributed by atoms with van der Waals surface area (Å²) < 4.78 is 1.92. The van der Waals surface area contributed by atoms with Gasteiger partial charge in [-0.2, -0.15) is 0 Å². The van der Waals surface area contributed by atoms with Crippen molar-refractivity contribution in [2.75, 3.05) is 0 Å². The average molecular weight is 144 g/mol. The van der Waals surface area contributed by atoms with Gasteiger partial charge in [0.05, 0.1) is 6.20 Å². The van der Waals surface area contributed by atoms with Crippen LogP contribution in [0.15, 0.2) is 12.5 Å². The normalized spacial score (nSPS) is 13.1. The molecule has 0 fully saturated rings. The number of nitrogens with zero attached hydrogens (tertiary/aromatic N) is 4. The first-order valence-corrected chi connectivity index (χ1v) is 3.31. The van der Waals surface area contributed by atoms with Crippen LogP contribution in [0, 0.1) is 0 Å². The molecule has 0 aromatic rings. The third kappa shape index (κ3) is 0.475. The van der Waals surface area contributed by atoms with E-state index in [1.54, 1.807) is 12.5 Å². The summed E-state index contributed by atoms with van der Waals surface area (Å²) in [6, 6.07) is 0. The third-order valence-electron chi connectivity index (χ3n) is 1.77. The van der Waals surface area contributed by atoms with E-state index in [1.807, 2.05) is 16.8 Å². The van der Waals surface area contributed by atoms with Gasteiger partial charge in [0.1, 0.15) is 17.8 Å². The average Bonchev–Trinajstić information content (AvgIpc) is 2.34. The van der Waals surface area contributed by atoms with Crippen molar-refractivity contribution in [3.05, 3.63) is 18.3 Å². The molecule has 3 aliphatic heterocycles. The van der Waals surface area contributed by atoms with E-state index in [1.165, 1.54) is 0 Å². The van der Waals surface area contributed by atoms with Crippen LogP contribution in [-0.2, 0) is 0 Å². The summed E-state index contributed by atoms with van der Waals surface area (Å²) in [5.41, 5.74) is 0.845. The smallest absolute Gasteiger partial charge is 0.167 e. The molecule has 0 unspecified atom stereocenters. The quantitative estimate of drug-likeness (QED) is 0.467. The van der Waals surface area contributed by atoms with Crippen LogP contribution in [-0.4, -0.2) is 19.5 Å². The third-order valence-corrected chi connectivity index (χ3v) is 1.77. The predicted molar refractivity (Wildman–Crippen MR) is 39.7 cm³/mol. The van der Waals surface area contributed by atoms with Crippen LogP contribution in [0.3, 0.4) is 0 Å². The number of hydrogen-bond donors (Lipinski definition) is 0. The van der Waals surface area contributed by atoms with Crippen LogP contribution in [0.25, 0.3) is 23.8 Å². The Labute approximate surface area is 62.6 Å². The lowest BCUT2D eigenvalue weighted by molar-refractivity contribution is 0.961. The Morgan fingerprint density at radius 1 is 1.18 bits per heavy atom. The highest BCUT2D eigenvalue weighted by atomic mass is 15.2. The zero-order chi connectivity index (χ0) is 7.26. The Bertz CT molecular complexity index is 415. The molecule has 0 spiro atoms. The van der Waals surface area contributed by atoms with E-state index in [4.69, 9.17) is 0 Å². The van der Waals surface area contributed by atoms with Gasteiger partial charge in [-0.1, -0.05) is 0 Å². The standard InChI is InChI=1S/C7H4N4/c1-2-11-6(1)8-3-5-7(11)10-4-9-5/h1-4H. The minimum atomic E-state index is 0.845. The van der Waals surface area contributed by atoms with Gasteiger partial charge >= 0.3 is 0 Å². The van der Waals surface area contributed by atoms with Crippen molar-refractivity contribution in [2.45, 2.75) is 0 Å². The van der Waals surface area contributed by atoms with Crippen molar-refractivity contribution < 1.29 is 0 Å². The molecule has 0 atom stereocenters. The van der Waals surface area contributed by atoms with E-state index in [-0.39, 0.29) is 0 Å². The van der Waals surface area contributed by atoms with Crippen LogP contribution in [0.2, 0.25) is 0 Å². The van der Waals surface area contributed by atoms with Crippen molar-refractivity contribution >= 4 is 12.3 Å². The molecule has 0 saturated carbocycles. The first kappa shape index (κ1) is 5.01. The summed E-state index contributed by atoms with van der Waals surface area (Å²) in [7, 11) is 0. The van der Waals surface area contributed by atoms with E-state index in [0.717, 1.165) is 17.3 Å². The van der Waals surface area contributed by atoms with Crippen molar-refractivity contribution in [3.63, 3.8) is 0 Å². The van der Waals surface area contributed by atoms with E-state index in [0.29, 0.717) is 0 Å². The number of imidazole rings is 1. The Balaban J connectivity index is 2.48. The van der Waals surface area contributed by atoms with Crippen LogP contribution in [0.4, 0.5) is 0 Å². The summed E-state index contributed by atoms with van der Waals surface area (Å²) >= 11 is 0. The van der Waals surface area contributed by atoms with Crippen LogP contribution >= 0.6 is 0 Å². The van der Waals surface area contributed by atoms with Crippen LogP contribution in [0.1, 0.15) is 5.82 Å². The molecular formula is C7H4N4. The van der Waals surface area contributed by atoms with Gasteiger partial charge in [-0.15, -0.1) is 0 Å². The summed E-state index contributed by atoms with van der Waals surface area (Å²) in [6.07, 6.45) is 7.15. The molecule has 0 N–H and O–H groups in total. The molecule has 0 aliphatic carbocycles. The molecule has 3 aliphatic rings. The van der Waals surface area contributed by atoms with Gasteiger partial charge in [0.15, 0.2) is 5.82 Å². The predicted octanol–water partition coefficient (Wildman–Crippen LogP) is 0.719. The van der Waals surface area contributed by atoms with Crippen LogP contribution in [0.5, 0.6) is 0 Å². The van der Waals surface area contributed by atoms with Gasteiger partial charge < -0.3 is 0 Å². The van der Waals surface area contributed by atoms with Crippen molar-refractivity contribution in [2.24, 2.45) is 0 Å². The Morgan fingerprint density at radius 2 is 2.18 bits per heavy atom. The highest BCUT2D eigenvalue weighted by Gasteiger charge is 2.15. The molecule has 4 nitrogen and oxygen atoms in total. The van der Waals surface area contributed by atoms with E-state index >= 15 is 0 Å². The topological polar surface area (TPSA) is 43.6 Å². The van der Waals surface area contributed by atoms with Gasteiger partial charge in [0, 0.05) is 6.20 Å². The lowest BCUT2D eigenvalue weighted by Gasteiger charge is -2.14. The number of rotatable bonds is 0. The lowest BCUT2D eigenvalue weighted by Crippen LogP contribution is -2.09. The number of hydrogen-bond acceptors (Lipinski definition) is 3. The van der Waals surface area contributed by atoms with Gasteiger partial charge in [0.2, 0.25) is 0 Å². The van der Waals surface area contributed by atoms with E-state index in [2.05, 4.69) is 15.0 Å². The maximum Gasteiger partial charge on any atom is 0.167 e. The Hall–Kier alpha value is -1.71. The fourth-order valence-electron chi connectivity index (χ4n) is 1.17. The SMILES string of the molecule is C1=Cn2c1ncc1ncnc2-1. The van der Waals surface area contributed by atoms with E-state index < -0.39 is 0 Å². The fraction of sp³-hybridized carbons (Fsp3) is 0. The summed E-state index contributed by atoms with van der Waals surface area (Å²) in [4.78, 5) is 12.3. The molecular weight excluding hydrogens is 140 g/mol. The minimum Gasteiger partial charge on any atom is -0.284 e. The second-order valence-electron chi connectivity index (χ2n) is 2.38. The van der Waals surface area contributed by atoms with E-state index in [9.17, 15) is 0 Å². The number of aromatic nitrogens is 4. The fourth-order valence-corrected chi connectivity index (χ4v) is 1.17. The zero-order valence-corrected chi connectivity index (χ0v) is 5.60. The molecule has 4 heteroatoms. The maximum absolute atomic E-state index is 4.14. The zero-order valence-electron chi connectivity index (χ0n) is 5.60. The molecule has 11 heavy (non-hydrogen) atoms. The second-order valence-corrected chi connectivity index (χ2v) is 2.38. The van der Waals surface area contributed by atoms with Gasteiger partial charge in [-0.25, -0.2) is 15.0 Å². The summed E-state index contributed by atoms with van der Waals surface area (Å²) in [6.45, 7) is 0. The molecule has 0 radical (unpaired) electrons. The minimum absolute atomic E-state index is 0.845. The first-order chi connectivity index (χ1) is 5.45. The molecule has 0 aromatic heterocycles. The molecule has 52 valence electrons. The highest BCUT2D eigenvalue weighted by Crippen LogP contribution is 2.22. The molecule has 3 rings (SSSR count). The highest BCUT2D eigenvalue weighted by molar-refractivity contribution is 5.72. The van der Waals surface area contributed by atoms with Gasteiger partial charge in [-0.3, -0.25) is 4.57 Å². The maximum atomic E-state index is 4.14.